The number of phenols is 1. The van der Waals surface area contributed by atoms with Gasteiger partial charge in [-0.3, -0.25) is 0 Å². The molecule has 4 heteroatoms. The lowest BCUT2D eigenvalue weighted by atomic mass is 9.93. The van der Waals surface area contributed by atoms with Crippen LogP contribution in [0.25, 0.3) is 0 Å². The molecular weight excluding hydrogens is 214 g/mol. The van der Waals surface area contributed by atoms with Gasteiger partial charge in [-0.05, 0) is 27.0 Å². The lowest BCUT2D eigenvalue weighted by molar-refractivity contribution is 0.353. The largest absolute Gasteiger partial charge is 0.504 e. The van der Waals surface area contributed by atoms with E-state index in [1.165, 1.54) is 7.11 Å². The normalized spacial score (nSPS) is 11.5. The number of aromatic hydroxyl groups is 1. The fraction of sp³-hybridized carbons (Fsp3) is 0.455. The molecular formula is C11H16ClNO2. The van der Waals surface area contributed by atoms with Crippen molar-refractivity contribution in [1.29, 1.82) is 0 Å². The average Bonchev–Trinajstić information content (AvgIpc) is 2.20. The molecule has 0 atom stereocenters. The Hall–Kier alpha value is -0.930. The molecule has 1 aromatic carbocycles. The molecule has 0 amide bonds. The summed E-state index contributed by atoms with van der Waals surface area (Å²) in [7, 11) is 3.33. The number of rotatable bonds is 3. The first-order valence-electron chi connectivity index (χ1n) is 4.68. The van der Waals surface area contributed by atoms with Crippen molar-refractivity contribution in [2.45, 2.75) is 19.4 Å². The van der Waals surface area contributed by atoms with Crippen LogP contribution in [0.3, 0.4) is 0 Å². The molecule has 0 aliphatic carbocycles. The molecule has 0 heterocycles. The number of methoxy groups -OCH3 is 1. The van der Waals surface area contributed by atoms with Gasteiger partial charge in [-0.25, -0.2) is 0 Å². The van der Waals surface area contributed by atoms with Crippen LogP contribution in [0.15, 0.2) is 12.1 Å². The van der Waals surface area contributed by atoms with Crippen LogP contribution in [-0.2, 0) is 5.54 Å². The van der Waals surface area contributed by atoms with E-state index >= 15 is 0 Å². The quantitative estimate of drug-likeness (QED) is 0.837. The zero-order valence-corrected chi connectivity index (χ0v) is 10.1. The van der Waals surface area contributed by atoms with Gasteiger partial charge in [0.1, 0.15) is 0 Å². The molecule has 1 aromatic rings. The van der Waals surface area contributed by atoms with Crippen molar-refractivity contribution in [2.24, 2.45) is 0 Å². The van der Waals surface area contributed by atoms with Crippen molar-refractivity contribution in [3.63, 3.8) is 0 Å². The SMILES string of the molecule is CNC(C)(C)c1cc(Cl)cc(OC)c1O. The third-order valence-electron chi connectivity index (χ3n) is 2.56. The van der Waals surface area contributed by atoms with E-state index in [2.05, 4.69) is 5.32 Å². The van der Waals surface area contributed by atoms with Gasteiger partial charge in [0.15, 0.2) is 11.5 Å². The Morgan fingerprint density at radius 2 is 2.00 bits per heavy atom. The molecule has 0 fully saturated rings. The summed E-state index contributed by atoms with van der Waals surface area (Å²) in [4.78, 5) is 0. The Labute approximate surface area is 95.0 Å². The Morgan fingerprint density at radius 1 is 1.40 bits per heavy atom. The molecule has 0 saturated heterocycles. The van der Waals surface area contributed by atoms with E-state index in [1.54, 1.807) is 12.1 Å². The van der Waals surface area contributed by atoms with Crippen LogP contribution in [0, 0.1) is 0 Å². The zero-order valence-electron chi connectivity index (χ0n) is 9.39. The van der Waals surface area contributed by atoms with Crippen LogP contribution in [0.5, 0.6) is 11.5 Å². The van der Waals surface area contributed by atoms with Gasteiger partial charge in [0.25, 0.3) is 0 Å². The topological polar surface area (TPSA) is 41.5 Å². The Balaban J connectivity index is 3.35. The highest BCUT2D eigenvalue weighted by Crippen LogP contribution is 2.38. The Bertz CT molecular complexity index is 364. The fourth-order valence-corrected chi connectivity index (χ4v) is 1.55. The lowest BCUT2D eigenvalue weighted by Crippen LogP contribution is -2.33. The third-order valence-corrected chi connectivity index (χ3v) is 2.78. The van der Waals surface area contributed by atoms with E-state index in [1.807, 2.05) is 20.9 Å². The minimum Gasteiger partial charge on any atom is -0.504 e. The second-order valence-corrected chi connectivity index (χ2v) is 4.32. The van der Waals surface area contributed by atoms with Gasteiger partial charge in [0.2, 0.25) is 0 Å². The number of halogens is 1. The monoisotopic (exact) mass is 229 g/mol. The predicted molar refractivity (Wildman–Crippen MR) is 61.8 cm³/mol. The van der Waals surface area contributed by atoms with Crippen LogP contribution < -0.4 is 10.1 Å². The minimum atomic E-state index is -0.359. The summed E-state index contributed by atoms with van der Waals surface area (Å²) >= 11 is 5.94. The van der Waals surface area contributed by atoms with Gasteiger partial charge in [0.05, 0.1) is 7.11 Å². The van der Waals surface area contributed by atoms with Gasteiger partial charge >= 0.3 is 0 Å². The summed E-state index contributed by atoms with van der Waals surface area (Å²) < 4.78 is 5.04. The number of hydrogen-bond acceptors (Lipinski definition) is 3. The smallest absolute Gasteiger partial charge is 0.162 e. The molecule has 0 spiro atoms. The van der Waals surface area contributed by atoms with E-state index < -0.39 is 0 Å². The van der Waals surface area contributed by atoms with E-state index in [0.717, 1.165) is 0 Å². The molecule has 0 aromatic heterocycles. The summed E-state index contributed by atoms with van der Waals surface area (Å²) in [6.45, 7) is 3.91. The maximum absolute atomic E-state index is 9.96. The third kappa shape index (κ3) is 2.36. The van der Waals surface area contributed by atoms with Crippen molar-refractivity contribution in [2.75, 3.05) is 14.2 Å². The number of benzene rings is 1. The van der Waals surface area contributed by atoms with Crippen LogP contribution in [-0.4, -0.2) is 19.3 Å². The molecule has 1 rings (SSSR count). The molecule has 0 unspecified atom stereocenters. The van der Waals surface area contributed by atoms with Gasteiger partial charge in [-0.2, -0.15) is 0 Å². The first-order valence-corrected chi connectivity index (χ1v) is 5.06. The summed E-state index contributed by atoms with van der Waals surface area (Å²) in [5, 5.41) is 13.6. The number of ether oxygens (including phenoxy) is 1. The average molecular weight is 230 g/mol. The van der Waals surface area contributed by atoms with E-state index in [0.29, 0.717) is 16.3 Å². The number of phenolic OH excluding ortho intramolecular Hbond substituents is 1. The highest BCUT2D eigenvalue weighted by Gasteiger charge is 2.24. The second-order valence-electron chi connectivity index (χ2n) is 3.88. The fourth-order valence-electron chi connectivity index (χ4n) is 1.34. The number of nitrogens with one attached hydrogen (secondary N) is 1. The van der Waals surface area contributed by atoms with Gasteiger partial charge in [-0.1, -0.05) is 11.6 Å². The highest BCUT2D eigenvalue weighted by molar-refractivity contribution is 6.30. The molecule has 0 radical (unpaired) electrons. The summed E-state index contributed by atoms with van der Waals surface area (Å²) in [5.41, 5.74) is 0.358. The molecule has 0 aliphatic rings. The van der Waals surface area contributed by atoms with Gasteiger partial charge < -0.3 is 15.2 Å². The minimum absolute atomic E-state index is 0.126. The molecule has 0 saturated carbocycles. The van der Waals surface area contributed by atoms with Crippen LogP contribution in [0.2, 0.25) is 5.02 Å². The molecule has 84 valence electrons. The molecule has 3 nitrogen and oxygen atoms in total. The second kappa shape index (κ2) is 4.29. The molecule has 2 N–H and O–H groups in total. The standard InChI is InChI=1S/C11H16ClNO2/c1-11(2,13-3)8-5-7(12)6-9(15-4)10(8)14/h5-6,13-14H,1-4H3. The first kappa shape index (κ1) is 12.1. The summed E-state index contributed by atoms with van der Waals surface area (Å²) in [5.74, 6) is 0.516. The van der Waals surface area contributed by atoms with Crippen LogP contribution >= 0.6 is 11.6 Å². The summed E-state index contributed by atoms with van der Waals surface area (Å²) in [6, 6.07) is 3.32. The predicted octanol–water partition coefficient (Wildman–Crippen LogP) is 2.51. The van der Waals surface area contributed by atoms with Crippen molar-refractivity contribution in [1.82, 2.24) is 5.32 Å². The molecule has 0 bridgehead atoms. The highest BCUT2D eigenvalue weighted by atomic mass is 35.5. The van der Waals surface area contributed by atoms with Crippen molar-refractivity contribution >= 4 is 11.6 Å². The lowest BCUT2D eigenvalue weighted by Gasteiger charge is -2.26. The van der Waals surface area contributed by atoms with E-state index in [-0.39, 0.29) is 11.3 Å². The van der Waals surface area contributed by atoms with Crippen molar-refractivity contribution < 1.29 is 9.84 Å². The van der Waals surface area contributed by atoms with Gasteiger partial charge in [0, 0.05) is 22.2 Å². The van der Waals surface area contributed by atoms with Crippen LogP contribution in [0.4, 0.5) is 0 Å². The zero-order chi connectivity index (χ0) is 11.6. The van der Waals surface area contributed by atoms with E-state index in [9.17, 15) is 5.11 Å². The Kier molecular flexibility index (Phi) is 3.47. The Morgan fingerprint density at radius 3 is 2.47 bits per heavy atom. The van der Waals surface area contributed by atoms with Gasteiger partial charge in [-0.15, -0.1) is 0 Å². The summed E-state index contributed by atoms with van der Waals surface area (Å²) in [6.07, 6.45) is 0. The maximum Gasteiger partial charge on any atom is 0.162 e. The van der Waals surface area contributed by atoms with Crippen LogP contribution in [0.1, 0.15) is 19.4 Å². The van der Waals surface area contributed by atoms with Crippen molar-refractivity contribution in [3.8, 4) is 11.5 Å². The maximum atomic E-state index is 9.96. The molecule has 15 heavy (non-hydrogen) atoms. The first-order chi connectivity index (χ1) is 6.92. The van der Waals surface area contributed by atoms with E-state index in [4.69, 9.17) is 16.3 Å². The molecule has 0 aliphatic heterocycles. The van der Waals surface area contributed by atoms with Crippen molar-refractivity contribution in [3.05, 3.63) is 22.7 Å². The number of hydrogen-bond donors (Lipinski definition) is 2.